The van der Waals surface area contributed by atoms with Gasteiger partial charge < -0.3 is 5.73 Å². The highest BCUT2D eigenvalue weighted by atomic mass is 35.5. The van der Waals surface area contributed by atoms with Gasteiger partial charge in [0.1, 0.15) is 0 Å². The van der Waals surface area contributed by atoms with Gasteiger partial charge in [0.05, 0.1) is 25.7 Å². The molecule has 0 spiro atoms. The molecule has 0 aliphatic carbocycles. The first-order valence-corrected chi connectivity index (χ1v) is 4.59. The summed E-state index contributed by atoms with van der Waals surface area (Å²) in [4.78, 5) is 10.9. The fourth-order valence-corrected chi connectivity index (χ4v) is 1.79. The lowest BCUT2D eigenvalue weighted by molar-refractivity contribution is 0.100. The number of nitrogens with two attached hydrogens (primary N) is 1. The van der Waals surface area contributed by atoms with Gasteiger partial charge in [-0.15, -0.1) is 0 Å². The molecule has 0 fully saturated rings. The molecule has 1 aromatic rings. The van der Waals surface area contributed by atoms with Crippen molar-refractivity contribution in [1.29, 1.82) is 0 Å². The molecular weight excluding hydrogens is 256 g/mol. The lowest BCUT2D eigenvalue weighted by Gasteiger charge is -2.05. The number of carbonyl (C=O) groups is 1. The number of primary amides is 1. The first-order chi connectivity index (χ1) is 5.95. The lowest BCUT2D eigenvalue weighted by Crippen LogP contribution is -2.12. The fraction of sp³-hybridized carbons (Fsp3) is 0. The predicted octanol–water partition coefficient (Wildman–Crippen LogP) is 3.40. The van der Waals surface area contributed by atoms with E-state index in [0.29, 0.717) is 0 Å². The van der Waals surface area contributed by atoms with Crippen molar-refractivity contribution >= 4 is 52.3 Å². The van der Waals surface area contributed by atoms with Gasteiger partial charge in [-0.2, -0.15) is 0 Å². The summed E-state index contributed by atoms with van der Waals surface area (Å²) in [5.74, 6) is -0.764. The number of halogens is 4. The molecule has 1 amide bonds. The minimum atomic E-state index is -0.764. The number of carbonyl (C=O) groups excluding carboxylic acids is 1. The Kier molecular flexibility index (Phi) is 3.30. The van der Waals surface area contributed by atoms with Crippen molar-refractivity contribution in [1.82, 2.24) is 0 Å². The molecule has 70 valence electrons. The van der Waals surface area contributed by atoms with Crippen LogP contribution in [-0.4, -0.2) is 5.91 Å². The highest BCUT2D eigenvalue weighted by Gasteiger charge is 2.17. The maximum atomic E-state index is 10.9. The molecule has 0 aromatic heterocycles. The van der Waals surface area contributed by atoms with E-state index in [1.807, 2.05) is 0 Å². The van der Waals surface area contributed by atoms with E-state index in [2.05, 4.69) is 0 Å². The van der Waals surface area contributed by atoms with Gasteiger partial charge >= 0.3 is 0 Å². The van der Waals surface area contributed by atoms with E-state index in [9.17, 15) is 4.79 Å². The highest BCUT2D eigenvalue weighted by Crippen LogP contribution is 2.36. The zero-order chi connectivity index (χ0) is 10.2. The van der Waals surface area contributed by atoms with E-state index in [1.165, 1.54) is 6.07 Å². The van der Waals surface area contributed by atoms with Crippen LogP contribution in [-0.2, 0) is 0 Å². The smallest absolute Gasteiger partial charge is 0.251 e. The maximum Gasteiger partial charge on any atom is 0.251 e. The molecule has 2 nitrogen and oxygen atoms in total. The molecule has 0 aliphatic rings. The third kappa shape index (κ3) is 2.02. The second-order valence-corrected chi connectivity index (χ2v) is 3.78. The van der Waals surface area contributed by atoms with Crippen LogP contribution in [0.3, 0.4) is 0 Å². The maximum absolute atomic E-state index is 10.9. The van der Waals surface area contributed by atoms with Crippen molar-refractivity contribution in [2.75, 3.05) is 0 Å². The summed E-state index contributed by atoms with van der Waals surface area (Å²) in [6.45, 7) is 0. The molecule has 0 unspecified atom stereocenters. The molecule has 1 rings (SSSR count). The van der Waals surface area contributed by atoms with E-state index in [1.54, 1.807) is 0 Å². The average Bonchev–Trinajstić information content (AvgIpc) is 2.01. The average molecular weight is 259 g/mol. The summed E-state index contributed by atoms with van der Waals surface area (Å²) in [6, 6.07) is 1.35. The molecule has 13 heavy (non-hydrogen) atoms. The highest BCUT2D eigenvalue weighted by molar-refractivity contribution is 6.50. The molecule has 0 radical (unpaired) electrons. The van der Waals surface area contributed by atoms with E-state index in [-0.39, 0.29) is 25.7 Å². The van der Waals surface area contributed by atoms with Crippen LogP contribution in [0.15, 0.2) is 6.07 Å². The van der Waals surface area contributed by atoms with Gasteiger partial charge in [-0.1, -0.05) is 46.4 Å². The number of rotatable bonds is 1. The van der Waals surface area contributed by atoms with Gasteiger partial charge in [-0.25, -0.2) is 0 Å². The van der Waals surface area contributed by atoms with Crippen molar-refractivity contribution in [3.8, 4) is 0 Å². The fourth-order valence-electron chi connectivity index (χ4n) is 0.789. The van der Waals surface area contributed by atoms with Crippen molar-refractivity contribution < 1.29 is 4.79 Å². The normalized spacial score (nSPS) is 10.2. The summed E-state index contributed by atoms with van der Waals surface area (Å²) < 4.78 is 0. The van der Waals surface area contributed by atoms with Crippen molar-refractivity contribution in [2.24, 2.45) is 5.73 Å². The molecule has 0 saturated carbocycles. The van der Waals surface area contributed by atoms with E-state index >= 15 is 0 Å². The van der Waals surface area contributed by atoms with Crippen LogP contribution in [0.1, 0.15) is 10.4 Å². The monoisotopic (exact) mass is 257 g/mol. The molecule has 0 saturated heterocycles. The largest absolute Gasteiger partial charge is 0.366 e. The van der Waals surface area contributed by atoms with Crippen LogP contribution >= 0.6 is 46.4 Å². The zero-order valence-electron chi connectivity index (χ0n) is 6.07. The third-order valence-electron chi connectivity index (χ3n) is 1.36. The summed E-state index contributed by atoms with van der Waals surface area (Å²) in [6.07, 6.45) is 0. The second kappa shape index (κ2) is 3.93. The Morgan fingerprint density at radius 3 is 1.77 bits per heavy atom. The van der Waals surface area contributed by atoms with Crippen LogP contribution in [0.2, 0.25) is 20.1 Å². The van der Waals surface area contributed by atoms with Crippen LogP contribution in [0.4, 0.5) is 0 Å². The first kappa shape index (κ1) is 10.9. The Bertz CT molecular complexity index is 351. The van der Waals surface area contributed by atoms with Gasteiger partial charge in [0.2, 0.25) is 0 Å². The van der Waals surface area contributed by atoms with Crippen molar-refractivity contribution in [2.45, 2.75) is 0 Å². The topological polar surface area (TPSA) is 43.1 Å². The van der Waals surface area contributed by atoms with Gasteiger partial charge in [0, 0.05) is 0 Å². The first-order valence-electron chi connectivity index (χ1n) is 3.08. The third-order valence-corrected chi connectivity index (χ3v) is 2.93. The van der Waals surface area contributed by atoms with Gasteiger partial charge in [0.15, 0.2) is 0 Å². The quantitative estimate of drug-likeness (QED) is 0.771. The molecule has 2 N–H and O–H groups in total. The van der Waals surface area contributed by atoms with Crippen LogP contribution in [0.25, 0.3) is 0 Å². The Balaban J connectivity index is 3.56. The van der Waals surface area contributed by atoms with Crippen LogP contribution in [0.5, 0.6) is 0 Å². The summed E-state index contributed by atoms with van der Waals surface area (Å²) in [7, 11) is 0. The minimum Gasteiger partial charge on any atom is -0.366 e. The van der Waals surface area contributed by atoms with Crippen LogP contribution in [0, 0.1) is 0 Å². The molecule has 0 atom stereocenters. The number of hydrogen-bond donors (Lipinski definition) is 1. The Labute approximate surface area is 94.5 Å². The summed E-state index contributed by atoms with van der Waals surface area (Å²) in [5.41, 5.74) is 4.97. The van der Waals surface area contributed by atoms with Gasteiger partial charge in [0.25, 0.3) is 5.91 Å². The van der Waals surface area contributed by atoms with Gasteiger partial charge in [-0.3, -0.25) is 4.79 Å². The predicted molar refractivity (Wildman–Crippen MR) is 55.0 cm³/mol. The van der Waals surface area contributed by atoms with Crippen LogP contribution < -0.4 is 5.73 Å². The lowest BCUT2D eigenvalue weighted by atomic mass is 10.2. The SMILES string of the molecule is NC(=O)c1c(Cl)c(Cl)cc(Cl)c1Cl. The minimum absolute atomic E-state index is 0.0172. The number of hydrogen-bond acceptors (Lipinski definition) is 1. The van der Waals surface area contributed by atoms with E-state index in [4.69, 9.17) is 52.1 Å². The Morgan fingerprint density at radius 2 is 1.46 bits per heavy atom. The standard InChI is InChI=1S/C7H3Cl4NO/c8-2-1-3(9)6(11)4(5(2)10)7(12)13/h1H,(H2,12,13). The Morgan fingerprint density at radius 1 is 1.08 bits per heavy atom. The van der Waals surface area contributed by atoms with Gasteiger partial charge in [-0.05, 0) is 6.07 Å². The number of benzene rings is 1. The Hall–Kier alpha value is -0.150. The van der Waals surface area contributed by atoms with Crippen molar-refractivity contribution in [3.63, 3.8) is 0 Å². The number of amides is 1. The van der Waals surface area contributed by atoms with E-state index < -0.39 is 5.91 Å². The molecule has 0 aliphatic heterocycles. The molecule has 1 aromatic carbocycles. The molecule has 6 heteroatoms. The second-order valence-electron chi connectivity index (χ2n) is 2.21. The summed E-state index contributed by atoms with van der Waals surface area (Å²) >= 11 is 22.7. The van der Waals surface area contributed by atoms with E-state index in [0.717, 1.165) is 0 Å². The van der Waals surface area contributed by atoms with Crippen molar-refractivity contribution in [3.05, 3.63) is 31.7 Å². The zero-order valence-corrected chi connectivity index (χ0v) is 9.10. The molecule has 0 heterocycles. The summed E-state index contributed by atoms with van der Waals surface area (Å²) in [5, 5.41) is 0.321. The molecule has 0 bridgehead atoms. The molecular formula is C7H3Cl4NO.